The van der Waals surface area contributed by atoms with E-state index in [0.29, 0.717) is 11.6 Å². The van der Waals surface area contributed by atoms with Crippen LogP contribution < -0.4 is 16.0 Å². The van der Waals surface area contributed by atoms with Gasteiger partial charge in [-0.25, -0.2) is 0 Å². The average molecular weight is 283 g/mol. The molecule has 1 unspecified atom stereocenters. The molecule has 3 N–H and O–H groups in total. The number of hydrogen-bond acceptors (Lipinski definition) is 3. The van der Waals surface area contributed by atoms with E-state index in [1.807, 2.05) is 24.3 Å². The van der Waals surface area contributed by atoms with Gasteiger partial charge < -0.3 is 4.74 Å². The summed E-state index contributed by atoms with van der Waals surface area (Å²) < 4.78 is 5.75. The summed E-state index contributed by atoms with van der Waals surface area (Å²) in [6.07, 6.45) is 7.85. The molecule has 1 aromatic carbocycles. The fourth-order valence-corrected chi connectivity index (χ4v) is 2.94. The normalized spacial score (nSPS) is 18.2. The Morgan fingerprint density at radius 1 is 1.32 bits per heavy atom. The number of hydrazine groups is 1. The summed E-state index contributed by atoms with van der Waals surface area (Å²) in [6, 6.07) is 7.69. The summed E-state index contributed by atoms with van der Waals surface area (Å²) >= 11 is 5.93. The topological polar surface area (TPSA) is 47.3 Å². The summed E-state index contributed by atoms with van der Waals surface area (Å²) in [5.74, 6) is 7.22. The molecule has 0 aromatic heterocycles. The molecule has 106 valence electrons. The zero-order valence-corrected chi connectivity index (χ0v) is 12.0. The smallest absolute Gasteiger partial charge is 0.120 e. The maximum atomic E-state index is 5.93. The number of nitrogens with one attached hydrogen (secondary N) is 1. The Kier molecular flexibility index (Phi) is 5.95. The lowest BCUT2D eigenvalue weighted by Gasteiger charge is -2.26. The molecular weight excluding hydrogens is 260 g/mol. The third-order valence-corrected chi connectivity index (χ3v) is 4.06. The van der Waals surface area contributed by atoms with E-state index < -0.39 is 0 Å². The van der Waals surface area contributed by atoms with Gasteiger partial charge in [0.1, 0.15) is 12.4 Å². The molecule has 1 aromatic rings. The summed E-state index contributed by atoms with van der Waals surface area (Å²) in [6.45, 7) is 0.591. The minimum absolute atomic E-state index is 0.210. The van der Waals surface area contributed by atoms with Crippen LogP contribution in [0.25, 0.3) is 0 Å². The molecule has 1 aliphatic rings. The van der Waals surface area contributed by atoms with Crippen LogP contribution >= 0.6 is 11.6 Å². The van der Waals surface area contributed by atoms with Crippen molar-refractivity contribution in [3.63, 3.8) is 0 Å². The number of hydrogen-bond donors (Lipinski definition) is 2. The van der Waals surface area contributed by atoms with Gasteiger partial charge >= 0.3 is 0 Å². The molecule has 4 heteroatoms. The second-order valence-corrected chi connectivity index (χ2v) is 5.81. The third-order valence-electron chi connectivity index (χ3n) is 3.83. The highest BCUT2D eigenvalue weighted by Crippen LogP contribution is 2.27. The third kappa shape index (κ3) is 5.01. The van der Waals surface area contributed by atoms with Crippen molar-refractivity contribution in [2.75, 3.05) is 6.61 Å². The Hall–Kier alpha value is -0.770. The number of halogens is 1. The minimum atomic E-state index is 0.210. The van der Waals surface area contributed by atoms with Crippen molar-refractivity contribution in [3.8, 4) is 5.75 Å². The Balaban J connectivity index is 1.78. The zero-order chi connectivity index (χ0) is 13.5. The Morgan fingerprint density at radius 2 is 2.11 bits per heavy atom. The molecule has 1 aliphatic carbocycles. The fourth-order valence-electron chi connectivity index (χ4n) is 2.76. The summed E-state index contributed by atoms with van der Waals surface area (Å²) in [5.41, 5.74) is 2.88. The molecule has 2 rings (SSSR count). The van der Waals surface area contributed by atoms with Gasteiger partial charge in [0, 0.05) is 5.02 Å². The summed E-state index contributed by atoms with van der Waals surface area (Å²) in [5, 5.41) is 0.696. The van der Waals surface area contributed by atoms with Gasteiger partial charge in [-0.2, -0.15) is 0 Å². The first-order valence-electron chi connectivity index (χ1n) is 7.12. The first-order chi connectivity index (χ1) is 9.28. The molecule has 0 heterocycles. The van der Waals surface area contributed by atoms with Crippen molar-refractivity contribution < 1.29 is 4.74 Å². The van der Waals surface area contributed by atoms with E-state index in [1.54, 1.807) is 0 Å². The lowest BCUT2D eigenvalue weighted by molar-refractivity contribution is 0.220. The van der Waals surface area contributed by atoms with Gasteiger partial charge in [-0.15, -0.1) is 0 Å². The van der Waals surface area contributed by atoms with E-state index in [4.69, 9.17) is 22.2 Å². The van der Waals surface area contributed by atoms with E-state index in [9.17, 15) is 0 Å². The number of nitrogens with two attached hydrogens (primary N) is 1. The van der Waals surface area contributed by atoms with Crippen LogP contribution in [0.15, 0.2) is 24.3 Å². The molecule has 0 radical (unpaired) electrons. The molecular formula is C15H23ClN2O. The first kappa shape index (κ1) is 14.6. The van der Waals surface area contributed by atoms with E-state index in [-0.39, 0.29) is 6.04 Å². The molecule has 0 bridgehead atoms. The van der Waals surface area contributed by atoms with Gasteiger partial charge in [-0.3, -0.25) is 11.3 Å². The SMILES string of the molecule is NNC(COc1cccc(Cl)c1)CC1CCCCC1. The molecule has 19 heavy (non-hydrogen) atoms. The average Bonchev–Trinajstić information content (AvgIpc) is 2.44. The molecule has 0 aliphatic heterocycles. The fraction of sp³-hybridized carbons (Fsp3) is 0.600. The van der Waals surface area contributed by atoms with Crippen LogP contribution in [0.2, 0.25) is 5.02 Å². The van der Waals surface area contributed by atoms with Gasteiger partial charge in [-0.1, -0.05) is 49.8 Å². The predicted molar refractivity (Wildman–Crippen MR) is 79.3 cm³/mol. The van der Waals surface area contributed by atoms with Gasteiger partial charge in [0.05, 0.1) is 6.04 Å². The maximum Gasteiger partial charge on any atom is 0.120 e. The van der Waals surface area contributed by atoms with Crippen LogP contribution in [0.5, 0.6) is 5.75 Å². The standard InChI is InChI=1S/C15H23ClN2O/c16-13-7-4-8-15(10-13)19-11-14(18-17)9-12-5-2-1-3-6-12/h4,7-8,10,12,14,18H,1-3,5-6,9,11,17H2. The van der Waals surface area contributed by atoms with E-state index in [1.165, 1.54) is 32.1 Å². The van der Waals surface area contributed by atoms with E-state index in [0.717, 1.165) is 18.1 Å². The largest absolute Gasteiger partial charge is 0.492 e. The Labute approximate surface area is 120 Å². The zero-order valence-electron chi connectivity index (χ0n) is 11.3. The Morgan fingerprint density at radius 3 is 2.79 bits per heavy atom. The maximum absolute atomic E-state index is 5.93. The van der Waals surface area contributed by atoms with Crippen LogP contribution in [-0.4, -0.2) is 12.6 Å². The van der Waals surface area contributed by atoms with Gasteiger partial charge in [0.25, 0.3) is 0 Å². The highest BCUT2D eigenvalue weighted by atomic mass is 35.5. The van der Waals surface area contributed by atoms with Crippen LogP contribution in [0.4, 0.5) is 0 Å². The lowest BCUT2D eigenvalue weighted by Crippen LogP contribution is -2.41. The number of ether oxygens (including phenoxy) is 1. The van der Waals surface area contributed by atoms with Crippen LogP contribution in [0, 0.1) is 5.92 Å². The van der Waals surface area contributed by atoms with Crippen molar-refractivity contribution >= 4 is 11.6 Å². The van der Waals surface area contributed by atoms with Crippen molar-refractivity contribution in [1.29, 1.82) is 0 Å². The Bertz CT molecular complexity index is 380. The van der Waals surface area contributed by atoms with Crippen LogP contribution in [0.1, 0.15) is 38.5 Å². The van der Waals surface area contributed by atoms with Gasteiger partial charge in [-0.05, 0) is 30.5 Å². The van der Waals surface area contributed by atoms with Crippen molar-refractivity contribution in [2.45, 2.75) is 44.6 Å². The second kappa shape index (κ2) is 7.73. The first-order valence-corrected chi connectivity index (χ1v) is 7.50. The lowest BCUT2D eigenvalue weighted by atomic mass is 9.85. The summed E-state index contributed by atoms with van der Waals surface area (Å²) in [4.78, 5) is 0. The monoisotopic (exact) mass is 282 g/mol. The van der Waals surface area contributed by atoms with Crippen molar-refractivity contribution in [2.24, 2.45) is 11.8 Å². The van der Waals surface area contributed by atoms with Crippen molar-refractivity contribution in [3.05, 3.63) is 29.3 Å². The van der Waals surface area contributed by atoms with Crippen LogP contribution in [-0.2, 0) is 0 Å². The predicted octanol–water partition coefficient (Wildman–Crippen LogP) is 3.52. The number of rotatable bonds is 6. The molecule has 0 spiro atoms. The van der Waals surface area contributed by atoms with Crippen LogP contribution in [0.3, 0.4) is 0 Å². The van der Waals surface area contributed by atoms with Gasteiger partial charge in [0.15, 0.2) is 0 Å². The highest BCUT2D eigenvalue weighted by molar-refractivity contribution is 6.30. The second-order valence-electron chi connectivity index (χ2n) is 5.37. The van der Waals surface area contributed by atoms with E-state index >= 15 is 0 Å². The van der Waals surface area contributed by atoms with Crippen molar-refractivity contribution in [1.82, 2.24) is 5.43 Å². The van der Waals surface area contributed by atoms with E-state index in [2.05, 4.69) is 5.43 Å². The molecule has 0 amide bonds. The van der Waals surface area contributed by atoms with Gasteiger partial charge in [0.2, 0.25) is 0 Å². The minimum Gasteiger partial charge on any atom is -0.492 e. The molecule has 1 atom stereocenters. The molecule has 0 saturated heterocycles. The summed E-state index contributed by atoms with van der Waals surface area (Å²) in [7, 11) is 0. The quantitative estimate of drug-likeness (QED) is 0.620. The molecule has 1 saturated carbocycles. The molecule has 3 nitrogen and oxygen atoms in total. The highest BCUT2D eigenvalue weighted by Gasteiger charge is 2.18. The number of benzene rings is 1. The molecule has 1 fully saturated rings.